The van der Waals surface area contributed by atoms with Crippen LogP contribution >= 0.6 is 28.1 Å². The first-order valence-corrected chi connectivity index (χ1v) is 6.73. The number of rotatable bonds is 1. The lowest BCUT2D eigenvalue weighted by atomic mass is 10.2. The molecule has 1 heterocycles. The molecule has 0 unspecified atom stereocenters. The molecule has 0 spiro atoms. The molecule has 1 fully saturated rings. The number of hydrogen-bond donors (Lipinski definition) is 1. The van der Waals surface area contributed by atoms with Crippen LogP contribution in [-0.2, 0) is 0 Å². The van der Waals surface area contributed by atoms with Gasteiger partial charge in [-0.15, -0.1) is 0 Å². The fourth-order valence-electron chi connectivity index (χ4n) is 1.81. The van der Waals surface area contributed by atoms with Crippen molar-refractivity contribution in [1.82, 2.24) is 10.2 Å². The van der Waals surface area contributed by atoms with E-state index in [9.17, 15) is 4.79 Å². The average Bonchev–Trinajstić information content (AvgIpc) is 2.82. The highest BCUT2D eigenvalue weighted by atomic mass is 79.9. The fraction of sp³-hybridized carbons (Fsp3) is 0.333. The maximum Gasteiger partial charge on any atom is 0.258 e. The van der Waals surface area contributed by atoms with Gasteiger partial charge in [-0.25, -0.2) is 0 Å². The molecule has 17 heavy (non-hydrogen) atoms. The molecule has 0 aliphatic carbocycles. The van der Waals surface area contributed by atoms with Crippen molar-refractivity contribution in [3.8, 4) is 0 Å². The van der Waals surface area contributed by atoms with Gasteiger partial charge < -0.3 is 4.90 Å². The van der Waals surface area contributed by atoms with Crippen molar-refractivity contribution in [3.05, 3.63) is 34.3 Å². The normalized spacial score (nSPS) is 14.8. The van der Waals surface area contributed by atoms with Crippen molar-refractivity contribution in [2.24, 2.45) is 0 Å². The minimum absolute atomic E-state index is 0.158. The summed E-state index contributed by atoms with van der Waals surface area (Å²) in [6.45, 7) is 1.88. The highest BCUT2D eigenvalue weighted by Gasteiger charge is 2.18. The fourth-order valence-corrected chi connectivity index (χ4v) is 2.55. The number of nitrogens with one attached hydrogen (secondary N) is 1. The molecule has 90 valence electrons. The molecule has 1 saturated heterocycles. The van der Waals surface area contributed by atoms with E-state index >= 15 is 0 Å². The highest BCUT2D eigenvalue weighted by molar-refractivity contribution is 9.10. The number of thiocarbonyl (C=S) groups is 1. The Labute approximate surface area is 114 Å². The number of benzene rings is 1. The maximum absolute atomic E-state index is 12.0. The summed E-state index contributed by atoms with van der Waals surface area (Å²) < 4.78 is 0.779. The minimum Gasteiger partial charge on any atom is -0.349 e. The SMILES string of the molecule is O=C(NC(=S)N1CCCC1)c1ccccc1Br. The number of amides is 1. The van der Waals surface area contributed by atoms with Gasteiger partial charge >= 0.3 is 0 Å². The molecule has 1 N–H and O–H groups in total. The summed E-state index contributed by atoms with van der Waals surface area (Å²) >= 11 is 8.56. The summed E-state index contributed by atoms with van der Waals surface area (Å²) in [6.07, 6.45) is 2.29. The molecular formula is C12H13BrN2OS. The number of likely N-dealkylation sites (tertiary alicyclic amines) is 1. The molecule has 0 saturated carbocycles. The number of nitrogens with zero attached hydrogens (tertiary/aromatic N) is 1. The van der Waals surface area contributed by atoms with Crippen molar-refractivity contribution >= 4 is 39.2 Å². The van der Waals surface area contributed by atoms with Crippen LogP contribution in [-0.4, -0.2) is 29.0 Å². The topological polar surface area (TPSA) is 32.3 Å². The monoisotopic (exact) mass is 312 g/mol. The maximum atomic E-state index is 12.0. The molecule has 1 aliphatic heterocycles. The van der Waals surface area contributed by atoms with Gasteiger partial charge in [0.2, 0.25) is 0 Å². The summed E-state index contributed by atoms with van der Waals surface area (Å²) in [5.74, 6) is -0.158. The summed E-state index contributed by atoms with van der Waals surface area (Å²) in [5.41, 5.74) is 0.606. The first-order chi connectivity index (χ1) is 8.18. The smallest absolute Gasteiger partial charge is 0.258 e. The van der Waals surface area contributed by atoms with Gasteiger partial charge in [-0.2, -0.15) is 0 Å². The van der Waals surface area contributed by atoms with Gasteiger partial charge in [0.15, 0.2) is 5.11 Å². The second-order valence-electron chi connectivity index (χ2n) is 3.93. The Morgan fingerprint density at radius 3 is 2.59 bits per heavy atom. The third kappa shape index (κ3) is 3.04. The van der Waals surface area contributed by atoms with E-state index in [4.69, 9.17) is 12.2 Å². The van der Waals surface area contributed by atoms with Gasteiger partial charge in [-0.1, -0.05) is 12.1 Å². The quantitative estimate of drug-likeness (QED) is 0.809. The van der Waals surface area contributed by atoms with E-state index in [1.165, 1.54) is 0 Å². The van der Waals surface area contributed by atoms with Crippen LogP contribution in [0, 0.1) is 0 Å². The predicted octanol–water partition coefficient (Wildman–Crippen LogP) is 2.56. The Hall–Kier alpha value is -0.940. The molecule has 3 nitrogen and oxygen atoms in total. The van der Waals surface area contributed by atoms with E-state index in [0.717, 1.165) is 30.4 Å². The molecule has 0 radical (unpaired) electrons. The summed E-state index contributed by atoms with van der Waals surface area (Å²) in [7, 11) is 0. The average molecular weight is 313 g/mol. The molecule has 0 bridgehead atoms. The third-order valence-electron chi connectivity index (χ3n) is 2.73. The van der Waals surface area contributed by atoms with E-state index in [1.807, 2.05) is 23.1 Å². The molecular weight excluding hydrogens is 300 g/mol. The molecule has 1 amide bonds. The molecule has 2 rings (SSSR count). The lowest BCUT2D eigenvalue weighted by Crippen LogP contribution is -2.41. The van der Waals surface area contributed by atoms with Gasteiger partial charge in [-0.05, 0) is 53.1 Å². The zero-order valence-corrected chi connectivity index (χ0v) is 11.7. The van der Waals surface area contributed by atoms with E-state index in [2.05, 4.69) is 21.2 Å². The van der Waals surface area contributed by atoms with Gasteiger partial charge in [0.1, 0.15) is 0 Å². The number of halogens is 1. The van der Waals surface area contributed by atoms with Crippen LogP contribution in [0.5, 0.6) is 0 Å². The van der Waals surface area contributed by atoms with Crippen molar-refractivity contribution in [2.75, 3.05) is 13.1 Å². The largest absolute Gasteiger partial charge is 0.349 e. The lowest BCUT2D eigenvalue weighted by molar-refractivity contribution is 0.0973. The van der Waals surface area contributed by atoms with Crippen molar-refractivity contribution in [3.63, 3.8) is 0 Å². The van der Waals surface area contributed by atoms with Crippen LogP contribution in [0.3, 0.4) is 0 Å². The van der Waals surface area contributed by atoms with Crippen LogP contribution in [0.1, 0.15) is 23.2 Å². The summed E-state index contributed by atoms with van der Waals surface area (Å²) in [4.78, 5) is 14.0. The predicted molar refractivity (Wildman–Crippen MR) is 75.0 cm³/mol. The number of carbonyl (C=O) groups excluding carboxylic acids is 1. The Morgan fingerprint density at radius 1 is 1.29 bits per heavy atom. The molecule has 5 heteroatoms. The van der Waals surface area contributed by atoms with Crippen LogP contribution in [0.4, 0.5) is 0 Å². The van der Waals surface area contributed by atoms with Crippen LogP contribution < -0.4 is 5.32 Å². The van der Waals surface area contributed by atoms with Gasteiger partial charge in [0.05, 0.1) is 5.56 Å². The van der Waals surface area contributed by atoms with E-state index in [1.54, 1.807) is 6.07 Å². The number of hydrogen-bond acceptors (Lipinski definition) is 2. The minimum atomic E-state index is -0.158. The third-order valence-corrected chi connectivity index (χ3v) is 3.78. The highest BCUT2D eigenvalue weighted by Crippen LogP contribution is 2.16. The van der Waals surface area contributed by atoms with E-state index in [0.29, 0.717) is 10.7 Å². The Bertz CT molecular complexity index is 444. The van der Waals surface area contributed by atoms with Gasteiger partial charge in [-0.3, -0.25) is 10.1 Å². The number of carbonyl (C=O) groups is 1. The molecule has 1 aromatic rings. The summed E-state index contributed by atoms with van der Waals surface area (Å²) in [6, 6.07) is 7.32. The second-order valence-corrected chi connectivity index (χ2v) is 5.17. The van der Waals surface area contributed by atoms with Gasteiger partial charge in [0.25, 0.3) is 5.91 Å². The molecule has 0 atom stereocenters. The summed E-state index contributed by atoms with van der Waals surface area (Å²) in [5, 5.41) is 3.30. The van der Waals surface area contributed by atoms with Crippen LogP contribution in [0.2, 0.25) is 0 Å². The molecule has 0 aromatic heterocycles. The van der Waals surface area contributed by atoms with Crippen molar-refractivity contribution in [2.45, 2.75) is 12.8 Å². The van der Waals surface area contributed by atoms with Crippen LogP contribution in [0.25, 0.3) is 0 Å². The Morgan fingerprint density at radius 2 is 1.94 bits per heavy atom. The van der Waals surface area contributed by atoms with E-state index in [-0.39, 0.29) is 5.91 Å². The standard InChI is InChI=1S/C12H13BrN2OS/c13-10-6-2-1-5-9(10)11(16)14-12(17)15-7-3-4-8-15/h1-2,5-6H,3-4,7-8H2,(H,14,16,17). The first kappa shape index (κ1) is 12.5. The Balaban J connectivity index is 2.02. The van der Waals surface area contributed by atoms with Crippen molar-refractivity contribution in [1.29, 1.82) is 0 Å². The van der Waals surface area contributed by atoms with Crippen molar-refractivity contribution < 1.29 is 4.79 Å². The second kappa shape index (κ2) is 5.60. The lowest BCUT2D eigenvalue weighted by Gasteiger charge is -2.18. The molecule has 1 aliphatic rings. The van der Waals surface area contributed by atoms with Gasteiger partial charge in [0, 0.05) is 17.6 Å². The Kier molecular flexibility index (Phi) is 4.12. The zero-order chi connectivity index (χ0) is 12.3. The van der Waals surface area contributed by atoms with E-state index < -0.39 is 0 Å². The molecule has 1 aromatic carbocycles. The first-order valence-electron chi connectivity index (χ1n) is 5.53. The zero-order valence-electron chi connectivity index (χ0n) is 9.28. The van der Waals surface area contributed by atoms with Crippen LogP contribution in [0.15, 0.2) is 28.7 Å².